The minimum Gasteiger partial charge on any atom is -0.478 e. The lowest BCUT2D eigenvalue weighted by Crippen LogP contribution is -2.07. The highest BCUT2D eigenvalue weighted by atomic mass is 16.5. The van der Waals surface area contributed by atoms with E-state index in [-0.39, 0.29) is 6.04 Å². The molecule has 1 aromatic carbocycles. The zero-order chi connectivity index (χ0) is 10.7. The van der Waals surface area contributed by atoms with E-state index < -0.39 is 0 Å². The van der Waals surface area contributed by atoms with E-state index in [4.69, 9.17) is 10.5 Å². The van der Waals surface area contributed by atoms with Crippen LogP contribution in [-0.4, -0.2) is 19.0 Å². The van der Waals surface area contributed by atoms with Crippen LogP contribution in [0.2, 0.25) is 0 Å². The number of aliphatic imine (C=N–C) groups is 1. The second kappa shape index (κ2) is 4.45. The van der Waals surface area contributed by atoms with Gasteiger partial charge in [-0.05, 0) is 18.1 Å². The fourth-order valence-corrected chi connectivity index (χ4v) is 1.80. The lowest BCUT2D eigenvalue weighted by Gasteiger charge is -2.08. The number of hydrogen-bond donors (Lipinski definition) is 1. The van der Waals surface area contributed by atoms with Gasteiger partial charge in [-0.25, -0.2) is 4.99 Å². The highest BCUT2D eigenvalue weighted by Crippen LogP contribution is 2.25. The van der Waals surface area contributed by atoms with Crippen molar-refractivity contribution in [2.45, 2.75) is 19.4 Å². The molecule has 0 spiro atoms. The van der Waals surface area contributed by atoms with Crippen molar-refractivity contribution < 1.29 is 4.74 Å². The number of hydrogen-bond acceptors (Lipinski definition) is 3. The van der Waals surface area contributed by atoms with Crippen LogP contribution in [-0.2, 0) is 4.74 Å². The van der Waals surface area contributed by atoms with E-state index in [2.05, 4.69) is 24.0 Å². The van der Waals surface area contributed by atoms with Gasteiger partial charge in [-0.2, -0.15) is 0 Å². The average molecular weight is 204 g/mol. The maximum atomic E-state index is 5.49. The van der Waals surface area contributed by atoms with Crippen LogP contribution in [0.3, 0.4) is 0 Å². The zero-order valence-corrected chi connectivity index (χ0v) is 8.94. The zero-order valence-electron chi connectivity index (χ0n) is 8.94. The fourth-order valence-electron chi connectivity index (χ4n) is 1.80. The van der Waals surface area contributed by atoms with E-state index in [0.29, 0.717) is 13.2 Å². The Balaban J connectivity index is 2.17. The van der Waals surface area contributed by atoms with Crippen LogP contribution < -0.4 is 5.73 Å². The predicted molar refractivity (Wildman–Crippen MR) is 61.0 cm³/mol. The van der Waals surface area contributed by atoms with Gasteiger partial charge in [0.25, 0.3) is 0 Å². The van der Waals surface area contributed by atoms with Crippen molar-refractivity contribution in [1.82, 2.24) is 0 Å². The quantitative estimate of drug-likeness (QED) is 0.816. The molecule has 1 aromatic rings. The molecule has 1 aliphatic heterocycles. The first kappa shape index (κ1) is 10.2. The third-order valence-corrected chi connectivity index (χ3v) is 2.61. The first-order valence-corrected chi connectivity index (χ1v) is 5.26. The standard InChI is InChI=1S/C12H16N2O/c1-9-4-2-3-5-10(9)11-8-15-12(14-11)6-7-13/h2-5,11H,6-8,13H2,1H3. The Morgan fingerprint density at radius 2 is 2.27 bits per heavy atom. The molecule has 2 rings (SSSR count). The van der Waals surface area contributed by atoms with Crippen LogP contribution in [0.4, 0.5) is 0 Å². The predicted octanol–water partition coefficient (Wildman–Crippen LogP) is 1.81. The van der Waals surface area contributed by atoms with Gasteiger partial charge < -0.3 is 10.5 Å². The number of nitrogens with zero attached hydrogens (tertiary/aromatic N) is 1. The minimum atomic E-state index is 0.160. The molecule has 0 amide bonds. The third-order valence-electron chi connectivity index (χ3n) is 2.61. The summed E-state index contributed by atoms with van der Waals surface area (Å²) in [5.41, 5.74) is 7.98. The normalized spacial score (nSPS) is 19.9. The topological polar surface area (TPSA) is 47.6 Å². The largest absolute Gasteiger partial charge is 0.478 e. The molecule has 0 aromatic heterocycles. The van der Waals surface area contributed by atoms with Gasteiger partial charge in [0.1, 0.15) is 12.6 Å². The Hall–Kier alpha value is -1.35. The van der Waals surface area contributed by atoms with Crippen molar-refractivity contribution in [1.29, 1.82) is 0 Å². The first-order valence-electron chi connectivity index (χ1n) is 5.26. The Kier molecular flexibility index (Phi) is 3.02. The molecule has 15 heavy (non-hydrogen) atoms. The summed E-state index contributed by atoms with van der Waals surface area (Å²) in [6.45, 7) is 3.35. The molecule has 3 nitrogen and oxygen atoms in total. The number of benzene rings is 1. The smallest absolute Gasteiger partial charge is 0.185 e. The fraction of sp³-hybridized carbons (Fsp3) is 0.417. The molecule has 0 saturated carbocycles. The van der Waals surface area contributed by atoms with Gasteiger partial charge in [-0.1, -0.05) is 24.3 Å². The number of ether oxygens (including phenoxy) is 1. The molecule has 80 valence electrons. The molecule has 1 heterocycles. The Morgan fingerprint density at radius 3 is 3.00 bits per heavy atom. The monoisotopic (exact) mass is 204 g/mol. The van der Waals surface area contributed by atoms with Crippen LogP contribution in [0, 0.1) is 6.92 Å². The van der Waals surface area contributed by atoms with Crippen LogP contribution in [0.25, 0.3) is 0 Å². The molecule has 0 fully saturated rings. The van der Waals surface area contributed by atoms with Crippen LogP contribution in [0.5, 0.6) is 0 Å². The highest BCUT2D eigenvalue weighted by Gasteiger charge is 2.20. The lowest BCUT2D eigenvalue weighted by molar-refractivity contribution is 0.312. The van der Waals surface area contributed by atoms with Crippen molar-refractivity contribution in [2.75, 3.05) is 13.2 Å². The number of nitrogens with two attached hydrogens (primary N) is 1. The SMILES string of the molecule is Cc1ccccc1C1COC(CCN)=N1. The lowest BCUT2D eigenvalue weighted by atomic mass is 10.0. The van der Waals surface area contributed by atoms with Crippen molar-refractivity contribution >= 4 is 5.90 Å². The van der Waals surface area contributed by atoms with Crippen LogP contribution in [0.15, 0.2) is 29.3 Å². The molecular weight excluding hydrogens is 188 g/mol. The summed E-state index contributed by atoms with van der Waals surface area (Å²) >= 11 is 0. The Morgan fingerprint density at radius 1 is 1.47 bits per heavy atom. The van der Waals surface area contributed by atoms with E-state index in [1.54, 1.807) is 0 Å². The molecule has 1 unspecified atom stereocenters. The van der Waals surface area contributed by atoms with Gasteiger partial charge in [-0.3, -0.25) is 0 Å². The summed E-state index contributed by atoms with van der Waals surface area (Å²) in [6, 6.07) is 8.45. The molecule has 0 saturated heterocycles. The summed E-state index contributed by atoms with van der Waals surface area (Å²) in [5.74, 6) is 0.797. The highest BCUT2D eigenvalue weighted by molar-refractivity contribution is 5.78. The summed E-state index contributed by atoms with van der Waals surface area (Å²) in [7, 11) is 0. The number of aryl methyl sites for hydroxylation is 1. The molecule has 0 radical (unpaired) electrons. The molecule has 1 atom stereocenters. The molecule has 0 aliphatic carbocycles. The van der Waals surface area contributed by atoms with E-state index in [1.165, 1.54) is 11.1 Å². The maximum absolute atomic E-state index is 5.49. The second-order valence-electron chi connectivity index (χ2n) is 3.74. The Labute approximate surface area is 90.0 Å². The number of rotatable bonds is 3. The summed E-state index contributed by atoms with van der Waals surface area (Å²) in [4.78, 5) is 4.52. The second-order valence-corrected chi connectivity index (χ2v) is 3.74. The van der Waals surface area contributed by atoms with Crippen LogP contribution in [0.1, 0.15) is 23.6 Å². The van der Waals surface area contributed by atoms with Gasteiger partial charge >= 0.3 is 0 Å². The van der Waals surface area contributed by atoms with Crippen LogP contribution >= 0.6 is 0 Å². The molecule has 3 heteroatoms. The minimum absolute atomic E-state index is 0.160. The van der Waals surface area contributed by atoms with Crippen molar-refractivity contribution in [3.8, 4) is 0 Å². The van der Waals surface area contributed by atoms with E-state index in [0.717, 1.165) is 12.3 Å². The third kappa shape index (κ3) is 2.18. The maximum Gasteiger partial charge on any atom is 0.185 e. The molecular formula is C12H16N2O. The van der Waals surface area contributed by atoms with Gasteiger partial charge in [0.05, 0.1) is 0 Å². The van der Waals surface area contributed by atoms with Gasteiger partial charge in [0, 0.05) is 13.0 Å². The Bertz CT molecular complexity index is 374. The van der Waals surface area contributed by atoms with Crippen molar-refractivity contribution in [3.63, 3.8) is 0 Å². The average Bonchev–Trinajstić information content (AvgIpc) is 2.68. The van der Waals surface area contributed by atoms with E-state index >= 15 is 0 Å². The molecule has 0 bridgehead atoms. The van der Waals surface area contributed by atoms with E-state index in [1.807, 2.05) is 12.1 Å². The molecule has 2 N–H and O–H groups in total. The van der Waals surface area contributed by atoms with Crippen molar-refractivity contribution in [2.24, 2.45) is 10.7 Å². The summed E-state index contributed by atoms with van der Waals surface area (Å²) < 4.78 is 5.49. The molecule has 1 aliphatic rings. The van der Waals surface area contributed by atoms with Gasteiger partial charge in [0.2, 0.25) is 0 Å². The first-order chi connectivity index (χ1) is 7.31. The summed E-state index contributed by atoms with van der Waals surface area (Å²) in [6.07, 6.45) is 0.738. The van der Waals surface area contributed by atoms with Gasteiger partial charge in [-0.15, -0.1) is 0 Å². The van der Waals surface area contributed by atoms with Gasteiger partial charge in [0.15, 0.2) is 5.90 Å². The van der Waals surface area contributed by atoms with Crippen molar-refractivity contribution in [3.05, 3.63) is 35.4 Å². The summed E-state index contributed by atoms with van der Waals surface area (Å²) in [5, 5.41) is 0. The van der Waals surface area contributed by atoms with E-state index in [9.17, 15) is 0 Å².